The van der Waals surface area contributed by atoms with Crippen LogP contribution in [0.2, 0.25) is 0 Å². The van der Waals surface area contributed by atoms with E-state index in [2.05, 4.69) is 20.1 Å². The van der Waals surface area contributed by atoms with Crippen LogP contribution in [0.15, 0.2) is 42.9 Å². The summed E-state index contributed by atoms with van der Waals surface area (Å²) in [5.74, 6) is -0.0719. The molecule has 1 aromatic carbocycles. The Morgan fingerprint density at radius 1 is 1.09 bits per heavy atom. The molecule has 0 radical (unpaired) electrons. The van der Waals surface area contributed by atoms with E-state index in [1.807, 2.05) is 40.6 Å². The third kappa shape index (κ3) is 3.66. The van der Waals surface area contributed by atoms with E-state index in [0.717, 1.165) is 29.7 Å². The molecule has 162 valence electrons. The first-order valence-electron chi connectivity index (χ1n) is 10.2. The van der Waals surface area contributed by atoms with E-state index < -0.39 is 11.6 Å². The Hall–Kier alpha value is -3.88. The second kappa shape index (κ2) is 7.99. The number of imidazole rings is 1. The Balaban J connectivity index is 1.38. The molecule has 4 heterocycles. The molecule has 5 rings (SSSR count). The van der Waals surface area contributed by atoms with E-state index in [1.54, 1.807) is 25.6 Å². The van der Waals surface area contributed by atoms with Crippen molar-refractivity contribution in [3.63, 3.8) is 0 Å². The van der Waals surface area contributed by atoms with Gasteiger partial charge in [-0.2, -0.15) is 5.10 Å². The molecular weight excluding hydrogens is 414 g/mol. The highest BCUT2D eigenvalue weighted by molar-refractivity contribution is 5.65. The van der Waals surface area contributed by atoms with Crippen molar-refractivity contribution in [3.8, 4) is 11.6 Å². The molecule has 1 atom stereocenters. The molecule has 0 amide bonds. The topological polar surface area (TPSA) is 70.7 Å². The maximum Gasteiger partial charge on any atom is 0.238 e. The Morgan fingerprint density at radius 2 is 1.97 bits per heavy atom. The number of fused-ring (bicyclic) bond motifs is 1. The number of methoxy groups -OCH3 is 1. The summed E-state index contributed by atoms with van der Waals surface area (Å²) in [6.07, 6.45) is 7.94. The molecule has 0 saturated heterocycles. The van der Waals surface area contributed by atoms with Crippen LogP contribution in [0.4, 0.5) is 8.78 Å². The van der Waals surface area contributed by atoms with Crippen LogP contribution in [0.25, 0.3) is 17.8 Å². The van der Waals surface area contributed by atoms with Crippen LogP contribution < -0.4 is 4.74 Å². The first-order valence-corrected chi connectivity index (χ1v) is 10.2. The highest BCUT2D eigenvalue weighted by atomic mass is 19.2. The van der Waals surface area contributed by atoms with Crippen molar-refractivity contribution < 1.29 is 13.5 Å². The molecule has 32 heavy (non-hydrogen) atoms. The molecule has 1 aliphatic rings. The van der Waals surface area contributed by atoms with Crippen molar-refractivity contribution in [2.24, 2.45) is 0 Å². The molecule has 0 N–H and O–H groups in total. The lowest BCUT2D eigenvalue weighted by Crippen LogP contribution is -2.00. The second-order valence-electron chi connectivity index (χ2n) is 7.59. The smallest absolute Gasteiger partial charge is 0.238 e. The first kappa shape index (κ1) is 20.0. The van der Waals surface area contributed by atoms with Gasteiger partial charge in [-0.3, -0.25) is 0 Å². The van der Waals surface area contributed by atoms with Gasteiger partial charge in [0.15, 0.2) is 17.5 Å². The number of nitrogens with zero attached hydrogens (tertiary/aromatic N) is 6. The van der Waals surface area contributed by atoms with Crippen molar-refractivity contribution >= 4 is 12.2 Å². The van der Waals surface area contributed by atoms with Crippen LogP contribution in [0.1, 0.15) is 40.9 Å². The van der Waals surface area contributed by atoms with Crippen LogP contribution in [-0.4, -0.2) is 36.4 Å². The van der Waals surface area contributed by atoms with E-state index in [4.69, 9.17) is 4.74 Å². The van der Waals surface area contributed by atoms with Gasteiger partial charge < -0.3 is 9.30 Å². The molecule has 3 aromatic heterocycles. The van der Waals surface area contributed by atoms with E-state index in [0.29, 0.717) is 29.5 Å². The van der Waals surface area contributed by atoms with Crippen molar-refractivity contribution in [2.75, 3.05) is 7.11 Å². The van der Waals surface area contributed by atoms with Gasteiger partial charge in [-0.25, -0.2) is 28.4 Å². The van der Waals surface area contributed by atoms with Crippen LogP contribution in [-0.2, 0) is 6.54 Å². The van der Waals surface area contributed by atoms with Crippen molar-refractivity contribution in [1.82, 2.24) is 29.3 Å². The summed E-state index contributed by atoms with van der Waals surface area (Å²) >= 11 is 0. The minimum Gasteiger partial charge on any atom is -0.479 e. The molecule has 0 fully saturated rings. The number of halogens is 2. The normalized spacial score (nSPS) is 15.4. The Kier molecular flexibility index (Phi) is 5.01. The lowest BCUT2D eigenvalue weighted by molar-refractivity contribution is 0.395. The monoisotopic (exact) mass is 434 g/mol. The molecule has 0 bridgehead atoms. The summed E-state index contributed by atoms with van der Waals surface area (Å²) in [6.45, 7) is 2.59. The lowest BCUT2D eigenvalue weighted by Gasteiger charge is -2.08. The number of hydrogen-bond donors (Lipinski definition) is 0. The van der Waals surface area contributed by atoms with Gasteiger partial charge in [-0.05, 0) is 55.3 Å². The highest BCUT2D eigenvalue weighted by Gasteiger charge is 2.28. The van der Waals surface area contributed by atoms with Crippen molar-refractivity contribution in [2.45, 2.75) is 25.8 Å². The summed E-state index contributed by atoms with van der Waals surface area (Å²) in [4.78, 5) is 13.4. The number of aromatic nitrogens is 6. The second-order valence-corrected chi connectivity index (χ2v) is 7.59. The van der Waals surface area contributed by atoms with E-state index in [9.17, 15) is 8.78 Å². The predicted molar refractivity (Wildman–Crippen MR) is 114 cm³/mol. The zero-order chi connectivity index (χ0) is 22.2. The maximum atomic E-state index is 13.7. The molecule has 0 saturated carbocycles. The van der Waals surface area contributed by atoms with Gasteiger partial charge >= 0.3 is 0 Å². The summed E-state index contributed by atoms with van der Waals surface area (Å²) in [5.41, 5.74) is 3.08. The van der Waals surface area contributed by atoms with Crippen LogP contribution in [0.5, 0.6) is 5.88 Å². The van der Waals surface area contributed by atoms with Gasteiger partial charge in [-0.15, -0.1) is 0 Å². The summed E-state index contributed by atoms with van der Waals surface area (Å²) < 4.78 is 36.1. The average molecular weight is 434 g/mol. The lowest BCUT2D eigenvalue weighted by atomic mass is 9.97. The molecule has 0 spiro atoms. The van der Waals surface area contributed by atoms with E-state index in [1.165, 1.54) is 6.07 Å². The Labute approximate surface area is 183 Å². The van der Waals surface area contributed by atoms with E-state index in [-0.39, 0.29) is 5.92 Å². The molecule has 0 aliphatic carbocycles. The van der Waals surface area contributed by atoms with Crippen LogP contribution in [0, 0.1) is 18.6 Å². The number of rotatable bonds is 5. The molecule has 1 aliphatic heterocycles. The number of aryl methyl sites for hydroxylation is 2. The van der Waals surface area contributed by atoms with Gasteiger partial charge in [0.2, 0.25) is 5.88 Å². The average Bonchev–Trinajstić information content (AvgIpc) is 3.50. The fourth-order valence-corrected chi connectivity index (χ4v) is 3.89. The van der Waals surface area contributed by atoms with Crippen molar-refractivity contribution in [1.29, 1.82) is 0 Å². The van der Waals surface area contributed by atoms with Gasteiger partial charge in [0.05, 0.1) is 24.8 Å². The van der Waals surface area contributed by atoms with Crippen molar-refractivity contribution in [3.05, 3.63) is 83.1 Å². The molecule has 7 nitrogen and oxygen atoms in total. The fourth-order valence-electron chi connectivity index (χ4n) is 3.89. The number of ether oxygens (including phenoxy) is 1. The Morgan fingerprint density at radius 3 is 2.72 bits per heavy atom. The molecule has 0 unspecified atom stereocenters. The van der Waals surface area contributed by atoms with Crippen LogP contribution in [0.3, 0.4) is 0 Å². The van der Waals surface area contributed by atoms with Gasteiger partial charge in [0.25, 0.3) is 0 Å². The Bertz CT molecular complexity index is 1330. The highest BCUT2D eigenvalue weighted by Crippen LogP contribution is 2.33. The maximum absolute atomic E-state index is 13.7. The fraction of sp³-hybridized carbons (Fsp3) is 0.217. The van der Waals surface area contributed by atoms with Gasteiger partial charge in [0.1, 0.15) is 11.5 Å². The zero-order valence-corrected chi connectivity index (χ0v) is 17.5. The first-order chi connectivity index (χ1) is 15.5. The minimum absolute atomic E-state index is 0.115. The molecule has 9 heteroatoms. The summed E-state index contributed by atoms with van der Waals surface area (Å²) in [5, 5.41) is 4.51. The molecular formula is C23H20F2N6O. The van der Waals surface area contributed by atoms with Gasteiger partial charge in [0, 0.05) is 18.7 Å². The van der Waals surface area contributed by atoms with Crippen LogP contribution >= 0.6 is 0 Å². The van der Waals surface area contributed by atoms with Gasteiger partial charge in [-0.1, -0.05) is 6.07 Å². The standard InChI is InChI=1S/C23H20F2N6O/c1-14-12-30(13-26-14)20-7-4-16(27-23(20)32-2)5-8-21-28-22-17(9-10-31(22)29-21)15-3-6-18(24)19(25)11-15/h3-8,11-13,17H,9-10H2,1-2H3/b8-5+/t17-/m1/s1. The predicted octanol–water partition coefficient (Wildman–Crippen LogP) is 4.16. The van der Waals surface area contributed by atoms with E-state index >= 15 is 0 Å². The zero-order valence-electron chi connectivity index (χ0n) is 17.5. The SMILES string of the molecule is COc1nc(/C=C/c2nc3n(n2)CC[C@@H]3c2ccc(F)c(F)c2)ccc1-n1cnc(C)c1. The minimum atomic E-state index is -0.853. The number of pyridine rings is 1. The molecule has 4 aromatic rings. The summed E-state index contributed by atoms with van der Waals surface area (Å²) in [6, 6.07) is 7.77. The number of hydrogen-bond acceptors (Lipinski definition) is 5. The largest absolute Gasteiger partial charge is 0.479 e. The quantitative estimate of drug-likeness (QED) is 0.472. The third-order valence-corrected chi connectivity index (χ3v) is 5.45. The summed E-state index contributed by atoms with van der Waals surface area (Å²) in [7, 11) is 1.57. The third-order valence-electron chi connectivity index (χ3n) is 5.45. The number of benzene rings is 1.